The van der Waals surface area contributed by atoms with Crippen molar-refractivity contribution in [3.63, 3.8) is 0 Å². The van der Waals surface area contributed by atoms with Crippen LogP contribution in [0.3, 0.4) is 0 Å². The smallest absolute Gasteiger partial charge is 0.421 e. The molecule has 0 fully saturated rings. The molecule has 0 bridgehead atoms. The van der Waals surface area contributed by atoms with E-state index in [2.05, 4.69) is 10.1 Å². The van der Waals surface area contributed by atoms with Crippen molar-refractivity contribution in [1.29, 1.82) is 0 Å². The molecular weight excluding hydrogens is 254 g/mol. The maximum Gasteiger partial charge on any atom is 0.421 e. The molecule has 0 aromatic heterocycles. The van der Waals surface area contributed by atoms with Gasteiger partial charge in [-0.05, 0) is 7.05 Å². The van der Waals surface area contributed by atoms with E-state index in [-0.39, 0.29) is 6.61 Å². The van der Waals surface area contributed by atoms with Crippen LogP contribution in [0.1, 0.15) is 0 Å². The number of carbonyl (C=O) groups is 2. The Morgan fingerprint density at radius 3 is 2.69 bits per heavy atom. The second-order valence-corrected chi connectivity index (χ2v) is 5.19. The van der Waals surface area contributed by atoms with E-state index in [0.717, 1.165) is 0 Å². The van der Waals surface area contributed by atoms with E-state index in [9.17, 15) is 9.59 Å². The van der Waals surface area contributed by atoms with Crippen LogP contribution in [-0.2, 0) is 9.53 Å². The Bertz CT molecular complexity index is 230. The molecule has 0 aliphatic rings. The molecular formula is C7H15N3O4S2. The molecule has 0 spiro atoms. The number of carboxylic acid groups (broad SMARTS) is 1. The molecule has 0 aliphatic carbocycles. The van der Waals surface area contributed by atoms with Crippen LogP contribution in [0.5, 0.6) is 0 Å². The molecule has 0 aliphatic heterocycles. The van der Waals surface area contributed by atoms with Crippen molar-refractivity contribution in [1.82, 2.24) is 10.7 Å². The predicted octanol–water partition coefficient (Wildman–Crippen LogP) is -0.360. The Morgan fingerprint density at radius 2 is 2.19 bits per heavy atom. The van der Waals surface area contributed by atoms with E-state index >= 15 is 0 Å². The maximum absolute atomic E-state index is 10.6. The minimum absolute atomic E-state index is 0.234. The van der Waals surface area contributed by atoms with Gasteiger partial charge in [-0.15, -0.1) is 0 Å². The van der Waals surface area contributed by atoms with E-state index in [1.807, 2.05) is 5.43 Å². The lowest BCUT2D eigenvalue weighted by atomic mass is 10.3. The van der Waals surface area contributed by atoms with Gasteiger partial charge in [0, 0.05) is 11.5 Å². The number of aliphatic carboxylic acids is 1. The van der Waals surface area contributed by atoms with Crippen LogP contribution >= 0.6 is 21.6 Å². The number of nitrogens with one attached hydrogen (secondary N) is 2. The molecule has 94 valence electrons. The zero-order chi connectivity index (χ0) is 12.4. The lowest BCUT2D eigenvalue weighted by molar-refractivity contribution is -0.138. The fourth-order valence-electron chi connectivity index (χ4n) is 0.663. The average Bonchev–Trinajstić information content (AvgIpc) is 2.27. The Kier molecular flexibility index (Phi) is 9.19. The van der Waals surface area contributed by atoms with E-state index in [1.54, 1.807) is 7.05 Å². The number of hydrogen-bond acceptors (Lipinski definition) is 7. The zero-order valence-corrected chi connectivity index (χ0v) is 10.4. The predicted molar refractivity (Wildman–Crippen MR) is 64.1 cm³/mol. The summed E-state index contributed by atoms with van der Waals surface area (Å²) in [6.45, 7) is 0.234. The van der Waals surface area contributed by atoms with Crippen LogP contribution in [0, 0.1) is 0 Å². The summed E-state index contributed by atoms with van der Waals surface area (Å²) in [5.41, 5.74) is 1.83. The lowest BCUT2D eigenvalue weighted by Gasteiger charge is -2.09. The van der Waals surface area contributed by atoms with Gasteiger partial charge in [0.15, 0.2) is 0 Å². The van der Waals surface area contributed by atoms with Crippen molar-refractivity contribution in [3.05, 3.63) is 0 Å². The Morgan fingerprint density at radius 1 is 1.50 bits per heavy atom. The maximum atomic E-state index is 10.6. The van der Waals surface area contributed by atoms with Gasteiger partial charge in [0.2, 0.25) is 0 Å². The molecule has 1 atom stereocenters. The summed E-state index contributed by atoms with van der Waals surface area (Å²) in [6.07, 6.45) is -0.677. The van der Waals surface area contributed by atoms with Gasteiger partial charge in [0.25, 0.3) is 0 Å². The molecule has 1 unspecified atom stereocenters. The van der Waals surface area contributed by atoms with Gasteiger partial charge < -0.3 is 15.2 Å². The standard InChI is InChI=1S/C7H15N3O4S2/c1-9-5(6(11)12)4-16-15-3-2-14-7(13)10-8/h5,9H,2-4,8H2,1H3,(H,10,13)(H,11,12). The summed E-state index contributed by atoms with van der Waals surface area (Å²) < 4.78 is 4.63. The van der Waals surface area contributed by atoms with E-state index in [1.165, 1.54) is 21.6 Å². The number of hydrogen-bond donors (Lipinski definition) is 4. The minimum atomic E-state index is -0.880. The Hall–Kier alpha value is -0.640. The highest BCUT2D eigenvalue weighted by Gasteiger charge is 2.14. The molecule has 7 nitrogen and oxygen atoms in total. The van der Waals surface area contributed by atoms with Gasteiger partial charge >= 0.3 is 12.1 Å². The quantitative estimate of drug-likeness (QED) is 0.155. The summed E-state index contributed by atoms with van der Waals surface area (Å²) in [5, 5.41) is 11.4. The first kappa shape index (κ1) is 15.4. The fraction of sp³-hybridized carbons (Fsp3) is 0.714. The fourth-order valence-corrected chi connectivity index (χ4v) is 2.73. The van der Waals surface area contributed by atoms with Crippen LogP contribution in [0.15, 0.2) is 0 Å². The number of carbonyl (C=O) groups excluding carboxylic acids is 1. The summed E-state index contributed by atoms with van der Waals surface area (Å²) in [4.78, 5) is 21.1. The highest BCUT2D eigenvalue weighted by molar-refractivity contribution is 8.76. The third kappa shape index (κ3) is 7.63. The van der Waals surface area contributed by atoms with Crippen molar-refractivity contribution in [3.8, 4) is 0 Å². The molecule has 0 aromatic carbocycles. The molecule has 0 rings (SSSR count). The second-order valence-electron chi connectivity index (χ2n) is 2.57. The third-order valence-electron chi connectivity index (χ3n) is 1.48. The van der Waals surface area contributed by atoms with Crippen molar-refractivity contribution < 1.29 is 19.4 Å². The van der Waals surface area contributed by atoms with Gasteiger partial charge in [-0.3, -0.25) is 10.2 Å². The molecule has 9 heteroatoms. The first-order valence-electron chi connectivity index (χ1n) is 4.39. The molecule has 16 heavy (non-hydrogen) atoms. The third-order valence-corrected chi connectivity index (χ3v) is 3.86. The number of hydrazine groups is 1. The topological polar surface area (TPSA) is 114 Å². The van der Waals surface area contributed by atoms with Crippen LogP contribution in [0.25, 0.3) is 0 Å². The molecule has 5 N–H and O–H groups in total. The first-order chi connectivity index (χ1) is 7.61. The van der Waals surface area contributed by atoms with Gasteiger partial charge in [0.1, 0.15) is 12.6 Å². The summed E-state index contributed by atoms with van der Waals surface area (Å²) >= 11 is 0. The van der Waals surface area contributed by atoms with Gasteiger partial charge in [-0.2, -0.15) is 0 Å². The minimum Gasteiger partial charge on any atom is -0.480 e. The van der Waals surface area contributed by atoms with Crippen molar-refractivity contribution in [2.45, 2.75) is 6.04 Å². The molecule has 1 amide bonds. The normalized spacial score (nSPS) is 11.9. The lowest BCUT2D eigenvalue weighted by Crippen LogP contribution is -2.35. The average molecular weight is 269 g/mol. The number of ether oxygens (including phenoxy) is 1. The Balaban J connectivity index is 3.39. The number of nitrogens with two attached hydrogens (primary N) is 1. The number of likely N-dealkylation sites (N-methyl/N-ethyl adjacent to an activating group) is 1. The summed E-state index contributed by atoms with van der Waals surface area (Å²) in [6, 6.07) is -0.564. The van der Waals surface area contributed by atoms with E-state index in [4.69, 9.17) is 10.9 Å². The summed E-state index contributed by atoms with van der Waals surface area (Å²) in [7, 11) is 4.43. The largest absolute Gasteiger partial charge is 0.480 e. The SMILES string of the molecule is CNC(CSSCCOC(=O)NN)C(=O)O. The van der Waals surface area contributed by atoms with Crippen molar-refractivity contribution >= 4 is 33.7 Å². The highest BCUT2D eigenvalue weighted by atomic mass is 33.1. The van der Waals surface area contributed by atoms with Crippen molar-refractivity contribution in [2.75, 3.05) is 25.2 Å². The molecule has 0 radical (unpaired) electrons. The number of carboxylic acids is 1. The highest BCUT2D eigenvalue weighted by Crippen LogP contribution is 2.21. The molecule has 0 aromatic rings. The first-order valence-corrected chi connectivity index (χ1v) is 6.88. The van der Waals surface area contributed by atoms with E-state index < -0.39 is 18.1 Å². The van der Waals surface area contributed by atoms with E-state index in [0.29, 0.717) is 11.5 Å². The van der Waals surface area contributed by atoms with Crippen LogP contribution in [0.2, 0.25) is 0 Å². The molecule has 0 saturated heterocycles. The number of rotatable bonds is 8. The van der Waals surface area contributed by atoms with Crippen LogP contribution in [-0.4, -0.2) is 48.4 Å². The number of amides is 1. The van der Waals surface area contributed by atoms with Crippen LogP contribution < -0.4 is 16.6 Å². The van der Waals surface area contributed by atoms with Gasteiger partial charge in [-0.25, -0.2) is 10.6 Å². The zero-order valence-electron chi connectivity index (χ0n) is 8.76. The second kappa shape index (κ2) is 9.58. The summed E-state index contributed by atoms with van der Waals surface area (Å²) in [5.74, 6) is 4.94. The van der Waals surface area contributed by atoms with Gasteiger partial charge in [0.05, 0.1) is 0 Å². The van der Waals surface area contributed by atoms with Gasteiger partial charge in [-0.1, -0.05) is 21.6 Å². The Labute approximate surface area is 101 Å². The van der Waals surface area contributed by atoms with Crippen molar-refractivity contribution in [2.24, 2.45) is 5.84 Å². The monoisotopic (exact) mass is 269 g/mol. The molecule has 0 saturated carbocycles. The van der Waals surface area contributed by atoms with Crippen LogP contribution in [0.4, 0.5) is 4.79 Å². The molecule has 0 heterocycles.